The Morgan fingerprint density at radius 3 is 3.21 bits per heavy atom. The van der Waals surface area contributed by atoms with Crippen LogP contribution in [0.1, 0.15) is 38.8 Å². The monoisotopic (exact) mass is 264 g/mol. The van der Waals surface area contributed by atoms with Gasteiger partial charge >= 0.3 is 0 Å². The number of hydrogen-bond acceptors (Lipinski definition) is 3. The highest BCUT2D eigenvalue weighted by atomic mass is 15.1. The summed E-state index contributed by atoms with van der Waals surface area (Å²) in [6.45, 7) is 9.48. The number of piperidine rings is 1. The molecule has 0 radical (unpaired) electrons. The van der Waals surface area contributed by atoms with Crippen molar-refractivity contribution < 1.29 is 0 Å². The van der Waals surface area contributed by atoms with Gasteiger partial charge in [-0.3, -0.25) is 0 Å². The van der Waals surface area contributed by atoms with E-state index in [2.05, 4.69) is 34.0 Å². The number of aromatic nitrogens is 2. The minimum absolute atomic E-state index is 0.613. The van der Waals surface area contributed by atoms with E-state index < -0.39 is 0 Å². The second-order valence-corrected chi connectivity index (χ2v) is 5.77. The highest BCUT2D eigenvalue weighted by Crippen LogP contribution is 2.19. The third-order valence-electron chi connectivity index (χ3n) is 4.20. The van der Waals surface area contributed by atoms with Crippen molar-refractivity contribution in [2.24, 2.45) is 5.92 Å². The quantitative estimate of drug-likeness (QED) is 0.792. The van der Waals surface area contributed by atoms with Gasteiger partial charge in [0.25, 0.3) is 0 Å². The van der Waals surface area contributed by atoms with Gasteiger partial charge in [-0.15, -0.1) is 0 Å². The number of aromatic amines is 1. The van der Waals surface area contributed by atoms with Crippen molar-refractivity contribution in [3.8, 4) is 0 Å². The van der Waals surface area contributed by atoms with Crippen LogP contribution in [0.5, 0.6) is 0 Å². The van der Waals surface area contributed by atoms with E-state index in [0.717, 1.165) is 18.9 Å². The minimum atomic E-state index is 0.613. The topological polar surface area (TPSA) is 44.0 Å². The first-order valence-electron chi connectivity index (χ1n) is 7.72. The van der Waals surface area contributed by atoms with Crippen molar-refractivity contribution in [3.05, 3.63) is 18.2 Å². The fourth-order valence-electron chi connectivity index (χ4n) is 3.04. The summed E-state index contributed by atoms with van der Waals surface area (Å²) >= 11 is 0. The summed E-state index contributed by atoms with van der Waals surface area (Å²) in [6, 6.07) is 0.613. The maximum absolute atomic E-state index is 4.05. The van der Waals surface area contributed by atoms with E-state index in [9.17, 15) is 0 Å². The third-order valence-corrected chi connectivity index (χ3v) is 4.20. The zero-order chi connectivity index (χ0) is 13.5. The van der Waals surface area contributed by atoms with E-state index in [1.807, 2.05) is 6.20 Å². The Hall–Kier alpha value is -0.870. The number of H-pyrrole nitrogens is 1. The maximum atomic E-state index is 4.05. The van der Waals surface area contributed by atoms with Crippen LogP contribution in [0.2, 0.25) is 0 Å². The predicted molar refractivity (Wildman–Crippen MR) is 79.2 cm³/mol. The lowest BCUT2D eigenvalue weighted by Gasteiger charge is -2.36. The van der Waals surface area contributed by atoms with Gasteiger partial charge in [0.1, 0.15) is 0 Å². The van der Waals surface area contributed by atoms with Crippen molar-refractivity contribution >= 4 is 0 Å². The average Bonchev–Trinajstić information content (AvgIpc) is 2.92. The van der Waals surface area contributed by atoms with Crippen LogP contribution < -0.4 is 5.32 Å². The summed E-state index contributed by atoms with van der Waals surface area (Å²) in [5.74, 6) is 0.807. The van der Waals surface area contributed by atoms with Gasteiger partial charge in [-0.2, -0.15) is 0 Å². The molecule has 108 valence electrons. The van der Waals surface area contributed by atoms with Crippen LogP contribution in [0.15, 0.2) is 12.5 Å². The molecule has 2 unspecified atom stereocenters. The molecule has 0 aromatic carbocycles. The molecule has 19 heavy (non-hydrogen) atoms. The third kappa shape index (κ3) is 4.62. The zero-order valence-electron chi connectivity index (χ0n) is 12.4. The van der Waals surface area contributed by atoms with E-state index in [4.69, 9.17) is 0 Å². The largest absolute Gasteiger partial charge is 0.348 e. The van der Waals surface area contributed by atoms with Gasteiger partial charge in [0.15, 0.2) is 0 Å². The molecule has 4 heteroatoms. The van der Waals surface area contributed by atoms with Crippen LogP contribution in [-0.4, -0.2) is 47.1 Å². The molecule has 2 heterocycles. The summed E-state index contributed by atoms with van der Waals surface area (Å²) in [5, 5.41) is 3.68. The second-order valence-electron chi connectivity index (χ2n) is 5.77. The standard InChI is InChI=1S/C15H28N4/c1-3-8-19-9-4-5-14(11-19)13(2)17-7-6-15-10-16-12-18-15/h10,12-14,17H,3-9,11H2,1-2H3,(H,16,18). The zero-order valence-corrected chi connectivity index (χ0v) is 12.4. The van der Waals surface area contributed by atoms with E-state index in [1.54, 1.807) is 6.33 Å². The van der Waals surface area contributed by atoms with Crippen molar-refractivity contribution in [1.82, 2.24) is 20.2 Å². The average molecular weight is 264 g/mol. The lowest BCUT2D eigenvalue weighted by molar-refractivity contribution is 0.151. The fourth-order valence-corrected chi connectivity index (χ4v) is 3.04. The molecular weight excluding hydrogens is 236 g/mol. The normalized spacial score (nSPS) is 22.5. The summed E-state index contributed by atoms with van der Waals surface area (Å²) in [6.07, 6.45) is 8.71. The first-order chi connectivity index (χ1) is 9.29. The molecule has 1 aromatic heterocycles. The van der Waals surface area contributed by atoms with E-state index >= 15 is 0 Å². The smallest absolute Gasteiger partial charge is 0.0921 e. The molecule has 2 rings (SSSR count). The van der Waals surface area contributed by atoms with Gasteiger partial charge in [0, 0.05) is 37.4 Å². The highest BCUT2D eigenvalue weighted by Gasteiger charge is 2.23. The molecule has 1 aromatic rings. The molecule has 1 aliphatic rings. The van der Waals surface area contributed by atoms with E-state index in [0.29, 0.717) is 6.04 Å². The molecule has 1 saturated heterocycles. The number of imidazole rings is 1. The molecule has 0 bridgehead atoms. The van der Waals surface area contributed by atoms with Crippen LogP contribution in [0.25, 0.3) is 0 Å². The summed E-state index contributed by atoms with van der Waals surface area (Å²) in [7, 11) is 0. The molecule has 2 N–H and O–H groups in total. The number of likely N-dealkylation sites (tertiary alicyclic amines) is 1. The van der Waals surface area contributed by atoms with Gasteiger partial charge in [-0.1, -0.05) is 6.92 Å². The predicted octanol–water partition coefficient (Wildman–Crippen LogP) is 2.05. The highest BCUT2D eigenvalue weighted by molar-refractivity contribution is 4.94. The molecule has 2 atom stereocenters. The van der Waals surface area contributed by atoms with Gasteiger partial charge in [0.2, 0.25) is 0 Å². The molecule has 0 saturated carbocycles. The van der Waals surface area contributed by atoms with Crippen molar-refractivity contribution in [3.63, 3.8) is 0 Å². The van der Waals surface area contributed by atoms with Crippen molar-refractivity contribution in [2.45, 2.75) is 45.6 Å². The SMILES string of the molecule is CCCN1CCCC(C(C)NCCc2cnc[nH]2)C1. The number of nitrogens with one attached hydrogen (secondary N) is 2. The first-order valence-corrected chi connectivity index (χ1v) is 7.72. The summed E-state index contributed by atoms with van der Waals surface area (Å²) in [5.41, 5.74) is 1.22. The molecule has 4 nitrogen and oxygen atoms in total. The Balaban J connectivity index is 1.68. The Kier molecular flexibility index (Phi) is 5.86. The summed E-state index contributed by atoms with van der Waals surface area (Å²) < 4.78 is 0. The van der Waals surface area contributed by atoms with Crippen LogP contribution in [0.4, 0.5) is 0 Å². The van der Waals surface area contributed by atoms with Crippen LogP contribution in [-0.2, 0) is 6.42 Å². The summed E-state index contributed by atoms with van der Waals surface area (Å²) in [4.78, 5) is 9.83. The van der Waals surface area contributed by atoms with Gasteiger partial charge < -0.3 is 15.2 Å². The Bertz CT molecular complexity index is 334. The Morgan fingerprint density at radius 2 is 2.47 bits per heavy atom. The van der Waals surface area contributed by atoms with Crippen LogP contribution in [0, 0.1) is 5.92 Å². The van der Waals surface area contributed by atoms with Crippen molar-refractivity contribution in [2.75, 3.05) is 26.2 Å². The lowest BCUT2D eigenvalue weighted by atomic mass is 9.91. The first kappa shape index (κ1) is 14.5. The van der Waals surface area contributed by atoms with E-state index in [1.165, 1.54) is 44.6 Å². The number of nitrogens with zero attached hydrogens (tertiary/aromatic N) is 2. The molecule has 0 spiro atoms. The number of hydrogen-bond donors (Lipinski definition) is 2. The minimum Gasteiger partial charge on any atom is -0.348 e. The van der Waals surface area contributed by atoms with E-state index in [-0.39, 0.29) is 0 Å². The van der Waals surface area contributed by atoms with Gasteiger partial charge in [0.05, 0.1) is 6.33 Å². The molecule has 0 aliphatic carbocycles. The maximum Gasteiger partial charge on any atom is 0.0921 e. The molecule has 1 aliphatic heterocycles. The van der Waals surface area contributed by atoms with Crippen LogP contribution in [0.3, 0.4) is 0 Å². The van der Waals surface area contributed by atoms with Gasteiger partial charge in [-0.05, 0) is 45.2 Å². The number of rotatable bonds is 7. The Labute approximate surface area is 117 Å². The molecular formula is C15H28N4. The molecule has 1 fully saturated rings. The van der Waals surface area contributed by atoms with Crippen LogP contribution >= 0.6 is 0 Å². The van der Waals surface area contributed by atoms with Gasteiger partial charge in [-0.25, -0.2) is 4.98 Å². The second kappa shape index (κ2) is 7.65. The van der Waals surface area contributed by atoms with Crippen molar-refractivity contribution in [1.29, 1.82) is 0 Å². The molecule has 0 amide bonds. The Morgan fingerprint density at radius 1 is 1.58 bits per heavy atom. The fraction of sp³-hybridized carbons (Fsp3) is 0.800. The lowest BCUT2D eigenvalue weighted by Crippen LogP contribution is -2.45.